The molecule has 0 aromatic heterocycles. The molecule has 1 nitrogen and oxygen atoms in total. The van der Waals surface area contributed by atoms with E-state index >= 15 is 0 Å². The first-order valence-electron chi connectivity index (χ1n) is 5.74. The van der Waals surface area contributed by atoms with Crippen molar-refractivity contribution >= 4 is 0 Å². The Bertz CT molecular complexity index is 257. The maximum Gasteiger partial charge on any atom is 0.0140 e. The molecule has 0 saturated heterocycles. The smallest absolute Gasteiger partial charge is 0.0140 e. The van der Waals surface area contributed by atoms with Crippen LogP contribution >= 0.6 is 0 Å². The summed E-state index contributed by atoms with van der Waals surface area (Å²) in [5, 5.41) is 3.29. The van der Waals surface area contributed by atoms with Crippen molar-refractivity contribution in [2.24, 2.45) is 0 Å². The Morgan fingerprint density at radius 1 is 1.47 bits per heavy atom. The Hall–Kier alpha value is -1.08. The van der Waals surface area contributed by atoms with Gasteiger partial charge in [0.05, 0.1) is 0 Å². The van der Waals surface area contributed by atoms with E-state index in [0.717, 1.165) is 19.5 Å². The van der Waals surface area contributed by atoms with Gasteiger partial charge in [0.25, 0.3) is 0 Å². The molecule has 0 amide bonds. The molecule has 0 aromatic carbocycles. The Labute approximate surface area is 94.3 Å². The fourth-order valence-electron chi connectivity index (χ4n) is 1.39. The van der Waals surface area contributed by atoms with Crippen molar-refractivity contribution in [2.75, 3.05) is 13.1 Å². The second kappa shape index (κ2) is 9.47. The molecule has 0 saturated carbocycles. The van der Waals surface area contributed by atoms with E-state index in [1.165, 1.54) is 11.1 Å². The van der Waals surface area contributed by atoms with Gasteiger partial charge in [0, 0.05) is 6.54 Å². The van der Waals surface area contributed by atoms with E-state index in [9.17, 15) is 0 Å². The maximum absolute atomic E-state index is 3.83. The van der Waals surface area contributed by atoms with Gasteiger partial charge < -0.3 is 5.32 Å². The minimum atomic E-state index is 0.982. The van der Waals surface area contributed by atoms with Crippen molar-refractivity contribution in [2.45, 2.75) is 27.2 Å². The van der Waals surface area contributed by atoms with Crippen LogP contribution in [0.3, 0.4) is 0 Å². The lowest BCUT2D eigenvalue weighted by molar-refractivity contribution is 0.709. The molecule has 1 rings (SSSR count). The summed E-state index contributed by atoms with van der Waals surface area (Å²) in [6.07, 6.45) is 11.5. The zero-order valence-corrected chi connectivity index (χ0v) is 10.2. The molecule has 0 bridgehead atoms. The molecular weight excluding hydrogens is 182 g/mol. The third-order valence-corrected chi connectivity index (χ3v) is 2.12. The SMILES string of the molecule is C=C/C(=C\C=C/C)C1=CCNCC1.CC. The molecule has 84 valence electrons. The number of hydrogen-bond acceptors (Lipinski definition) is 1. The van der Waals surface area contributed by atoms with Gasteiger partial charge in [-0.1, -0.05) is 50.8 Å². The second-order valence-electron chi connectivity index (χ2n) is 3.04. The largest absolute Gasteiger partial charge is 0.313 e. The van der Waals surface area contributed by atoms with Gasteiger partial charge >= 0.3 is 0 Å². The van der Waals surface area contributed by atoms with Crippen molar-refractivity contribution in [3.8, 4) is 0 Å². The number of rotatable bonds is 3. The summed E-state index contributed by atoms with van der Waals surface area (Å²) in [6, 6.07) is 0. The summed E-state index contributed by atoms with van der Waals surface area (Å²) >= 11 is 0. The van der Waals surface area contributed by atoms with E-state index in [1.807, 2.05) is 32.9 Å². The standard InChI is InChI=1S/C12H17N.C2H6/c1-3-5-6-11(4-2)12-7-9-13-10-8-12;1-2/h3-7,13H,2,8-10H2,1H3;1-2H3/b5-3-,11-6+;. The van der Waals surface area contributed by atoms with Crippen LogP contribution in [0.15, 0.2) is 48.1 Å². The zero-order valence-electron chi connectivity index (χ0n) is 10.2. The van der Waals surface area contributed by atoms with Crippen molar-refractivity contribution in [1.29, 1.82) is 0 Å². The van der Waals surface area contributed by atoms with Crippen LogP contribution < -0.4 is 5.32 Å². The molecule has 1 aliphatic heterocycles. The van der Waals surface area contributed by atoms with Crippen LogP contribution in [0.2, 0.25) is 0 Å². The summed E-state index contributed by atoms with van der Waals surface area (Å²) in [5.74, 6) is 0. The molecule has 1 heterocycles. The fraction of sp³-hybridized carbons (Fsp3) is 0.429. The summed E-state index contributed by atoms with van der Waals surface area (Å²) in [6.45, 7) is 11.9. The topological polar surface area (TPSA) is 12.0 Å². The van der Waals surface area contributed by atoms with E-state index in [-0.39, 0.29) is 0 Å². The first kappa shape index (κ1) is 13.9. The molecule has 1 aliphatic rings. The highest BCUT2D eigenvalue weighted by molar-refractivity contribution is 5.41. The van der Waals surface area contributed by atoms with Gasteiger partial charge in [0.2, 0.25) is 0 Å². The number of nitrogens with one attached hydrogen (secondary N) is 1. The van der Waals surface area contributed by atoms with E-state index in [4.69, 9.17) is 0 Å². The van der Waals surface area contributed by atoms with Gasteiger partial charge in [-0.15, -0.1) is 0 Å². The fourth-order valence-corrected chi connectivity index (χ4v) is 1.39. The van der Waals surface area contributed by atoms with Gasteiger partial charge in [-0.3, -0.25) is 0 Å². The van der Waals surface area contributed by atoms with Crippen LogP contribution in [-0.4, -0.2) is 13.1 Å². The van der Waals surface area contributed by atoms with E-state index < -0.39 is 0 Å². The van der Waals surface area contributed by atoms with E-state index in [2.05, 4.69) is 30.1 Å². The molecule has 0 unspecified atom stereocenters. The lowest BCUT2D eigenvalue weighted by Gasteiger charge is -2.14. The van der Waals surface area contributed by atoms with Gasteiger partial charge in [0.15, 0.2) is 0 Å². The lowest BCUT2D eigenvalue weighted by atomic mass is 10.00. The van der Waals surface area contributed by atoms with Crippen molar-refractivity contribution < 1.29 is 0 Å². The molecule has 0 spiro atoms. The summed E-state index contributed by atoms with van der Waals surface area (Å²) in [4.78, 5) is 0. The Morgan fingerprint density at radius 2 is 2.20 bits per heavy atom. The highest BCUT2D eigenvalue weighted by atomic mass is 14.8. The Kier molecular flexibility index (Phi) is 8.79. The van der Waals surface area contributed by atoms with Crippen LogP contribution in [0.4, 0.5) is 0 Å². The molecule has 0 fully saturated rings. The molecule has 1 heteroatoms. The van der Waals surface area contributed by atoms with E-state index in [1.54, 1.807) is 0 Å². The zero-order chi connectivity index (χ0) is 11.5. The first-order chi connectivity index (χ1) is 7.38. The molecule has 0 radical (unpaired) electrons. The predicted molar refractivity (Wildman–Crippen MR) is 70.0 cm³/mol. The molecule has 0 aromatic rings. The van der Waals surface area contributed by atoms with Crippen molar-refractivity contribution in [3.05, 3.63) is 48.1 Å². The minimum absolute atomic E-state index is 0.982. The molecule has 0 atom stereocenters. The molecule has 0 aliphatic carbocycles. The summed E-state index contributed by atoms with van der Waals surface area (Å²) in [5.41, 5.74) is 2.66. The molecule has 1 N–H and O–H groups in total. The summed E-state index contributed by atoms with van der Waals surface area (Å²) in [7, 11) is 0. The van der Waals surface area contributed by atoms with Crippen LogP contribution in [0, 0.1) is 0 Å². The number of allylic oxidation sites excluding steroid dienone is 5. The highest BCUT2D eigenvalue weighted by Crippen LogP contribution is 2.16. The van der Waals surface area contributed by atoms with Crippen LogP contribution in [0.25, 0.3) is 0 Å². The average Bonchev–Trinajstić information content (AvgIpc) is 2.34. The van der Waals surface area contributed by atoms with Gasteiger partial charge in [-0.2, -0.15) is 0 Å². The minimum Gasteiger partial charge on any atom is -0.313 e. The monoisotopic (exact) mass is 205 g/mol. The van der Waals surface area contributed by atoms with Crippen molar-refractivity contribution in [3.63, 3.8) is 0 Å². The third kappa shape index (κ3) is 5.38. The van der Waals surface area contributed by atoms with Crippen LogP contribution in [0.1, 0.15) is 27.2 Å². The number of hydrogen-bond donors (Lipinski definition) is 1. The Morgan fingerprint density at radius 3 is 2.67 bits per heavy atom. The first-order valence-corrected chi connectivity index (χ1v) is 5.74. The van der Waals surface area contributed by atoms with Gasteiger partial charge in [-0.05, 0) is 31.0 Å². The van der Waals surface area contributed by atoms with Crippen molar-refractivity contribution in [1.82, 2.24) is 5.32 Å². The van der Waals surface area contributed by atoms with Gasteiger partial charge in [-0.25, -0.2) is 0 Å². The van der Waals surface area contributed by atoms with Gasteiger partial charge in [0.1, 0.15) is 0 Å². The molecular formula is C14H23N. The molecule has 15 heavy (non-hydrogen) atoms. The third-order valence-electron chi connectivity index (χ3n) is 2.12. The summed E-state index contributed by atoms with van der Waals surface area (Å²) < 4.78 is 0. The highest BCUT2D eigenvalue weighted by Gasteiger charge is 2.04. The van der Waals surface area contributed by atoms with E-state index in [0.29, 0.717) is 0 Å². The maximum atomic E-state index is 3.83. The normalized spacial score (nSPS) is 16.7. The average molecular weight is 205 g/mol. The predicted octanol–water partition coefficient (Wildman–Crippen LogP) is 3.62. The second-order valence-corrected chi connectivity index (χ2v) is 3.04. The van der Waals surface area contributed by atoms with Crippen LogP contribution in [-0.2, 0) is 0 Å². The Balaban J connectivity index is 0.000000921. The van der Waals surface area contributed by atoms with Crippen LogP contribution in [0.5, 0.6) is 0 Å². The lowest BCUT2D eigenvalue weighted by Crippen LogP contribution is -2.20. The quantitative estimate of drug-likeness (QED) is 0.694.